The molecule has 21 heavy (non-hydrogen) atoms. The van der Waals surface area contributed by atoms with Crippen molar-refractivity contribution in [3.8, 4) is 0 Å². The van der Waals surface area contributed by atoms with E-state index in [4.69, 9.17) is 23.2 Å². The van der Waals surface area contributed by atoms with Gasteiger partial charge >= 0.3 is 0 Å². The summed E-state index contributed by atoms with van der Waals surface area (Å²) in [4.78, 5) is 25.3. The lowest BCUT2D eigenvalue weighted by atomic mass is 10.1. The van der Waals surface area contributed by atoms with Crippen molar-refractivity contribution in [3.05, 3.63) is 63.4 Å². The Bertz CT molecular complexity index is 776. The van der Waals surface area contributed by atoms with Crippen LogP contribution in [0.5, 0.6) is 0 Å². The van der Waals surface area contributed by atoms with Crippen LogP contribution in [0, 0.1) is 5.82 Å². The largest absolute Gasteiger partial charge is 0.300 e. The van der Waals surface area contributed by atoms with E-state index in [0.717, 1.165) is 0 Å². The number of hydrogen-bond donors (Lipinski definition) is 0. The molecule has 0 atom stereocenters. The van der Waals surface area contributed by atoms with Crippen LogP contribution in [-0.2, 0) is 11.3 Å². The molecule has 0 N–H and O–H groups in total. The minimum atomic E-state index is -0.725. The Morgan fingerprint density at radius 2 is 1.67 bits per heavy atom. The smallest absolute Gasteiger partial charge is 0.299 e. The number of benzene rings is 2. The molecule has 0 bridgehead atoms. The highest BCUT2D eigenvalue weighted by Crippen LogP contribution is 2.35. The number of nitrogens with zero attached hydrogens (tertiary/aromatic N) is 1. The Balaban J connectivity index is 2.05. The first-order valence-electron chi connectivity index (χ1n) is 6.08. The van der Waals surface area contributed by atoms with E-state index < -0.39 is 17.5 Å². The number of amides is 1. The summed E-state index contributed by atoms with van der Waals surface area (Å²) in [7, 11) is 0. The molecule has 3 rings (SSSR count). The van der Waals surface area contributed by atoms with Crippen molar-refractivity contribution < 1.29 is 14.0 Å². The third kappa shape index (κ3) is 2.20. The lowest BCUT2D eigenvalue weighted by molar-refractivity contribution is -0.114. The number of rotatable bonds is 2. The maximum atomic E-state index is 14.0. The number of ketones is 1. The van der Waals surface area contributed by atoms with Crippen LogP contribution in [0.3, 0.4) is 0 Å². The minimum absolute atomic E-state index is 0.0307. The SMILES string of the molecule is O=C1C(=O)N(Cc2cccc(Cl)c2F)c2cccc(Cl)c21. The summed E-state index contributed by atoms with van der Waals surface area (Å²) >= 11 is 11.7. The van der Waals surface area contributed by atoms with Crippen LogP contribution in [0.25, 0.3) is 0 Å². The maximum absolute atomic E-state index is 14.0. The molecule has 1 aliphatic heterocycles. The first-order valence-corrected chi connectivity index (χ1v) is 6.84. The number of halogens is 3. The van der Waals surface area contributed by atoms with Gasteiger partial charge in [-0.15, -0.1) is 0 Å². The maximum Gasteiger partial charge on any atom is 0.299 e. The van der Waals surface area contributed by atoms with Crippen LogP contribution in [0.2, 0.25) is 10.0 Å². The van der Waals surface area contributed by atoms with Gasteiger partial charge in [-0.05, 0) is 18.2 Å². The van der Waals surface area contributed by atoms with Crippen LogP contribution in [0.15, 0.2) is 36.4 Å². The van der Waals surface area contributed by atoms with Gasteiger partial charge in [-0.2, -0.15) is 0 Å². The normalized spacial score (nSPS) is 13.8. The summed E-state index contributed by atoms with van der Waals surface area (Å²) in [6, 6.07) is 9.29. The molecule has 106 valence electrons. The zero-order chi connectivity index (χ0) is 15.1. The van der Waals surface area contributed by atoms with Gasteiger partial charge in [-0.25, -0.2) is 4.39 Å². The molecule has 0 spiro atoms. The zero-order valence-corrected chi connectivity index (χ0v) is 12.1. The summed E-state index contributed by atoms with van der Waals surface area (Å²) in [5.74, 6) is -2.01. The molecular weight excluding hydrogens is 316 g/mol. The second-order valence-electron chi connectivity index (χ2n) is 4.57. The predicted octanol–water partition coefficient (Wildman–Crippen LogP) is 3.86. The van der Waals surface area contributed by atoms with Gasteiger partial charge in [0, 0.05) is 5.56 Å². The summed E-state index contributed by atoms with van der Waals surface area (Å²) in [5, 5.41) is 0.178. The van der Waals surface area contributed by atoms with E-state index >= 15 is 0 Å². The van der Waals surface area contributed by atoms with E-state index in [-0.39, 0.29) is 27.7 Å². The molecule has 2 aromatic carbocycles. The average molecular weight is 324 g/mol. The van der Waals surface area contributed by atoms with Crippen LogP contribution in [0.1, 0.15) is 15.9 Å². The van der Waals surface area contributed by atoms with Crippen LogP contribution in [-0.4, -0.2) is 11.7 Å². The minimum Gasteiger partial charge on any atom is -0.300 e. The molecular formula is C15H8Cl2FNO2. The van der Waals surface area contributed by atoms with Gasteiger partial charge in [0.05, 0.1) is 27.8 Å². The molecule has 0 saturated carbocycles. The van der Waals surface area contributed by atoms with Gasteiger partial charge in [-0.1, -0.05) is 41.4 Å². The molecule has 3 nitrogen and oxygen atoms in total. The monoisotopic (exact) mass is 323 g/mol. The summed E-state index contributed by atoms with van der Waals surface area (Å²) in [6.07, 6.45) is 0. The fraction of sp³-hybridized carbons (Fsp3) is 0.0667. The van der Waals surface area contributed by atoms with Crippen LogP contribution >= 0.6 is 23.2 Å². The third-order valence-corrected chi connectivity index (χ3v) is 3.92. The van der Waals surface area contributed by atoms with Crippen molar-refractivity contribution >= 4 is 40.6 Å². The Hall–Kier alpha value is -1.91. The number of hydrogen-bond acceptors (Lipinski definition) is 2. The average Bonchev–Trinajstić information content (AvgIpc) is 2.70. The van der Waals surface area contributed by atoms with E-state index in [9.17, 15) is 14.0 Å². The van der Waals surface area contributed by atoms with Crippen molar-refractivity contribution in [1.29, 1.82) is 0 Å². The first-order chi connectivity index (χ1) is 10.0. The van der Waals surface area contributed by atoms with E-state index in [1.54, 1.807) is 18.2 Å². The molecule has 6 heteroatoms. The van der Waals surface area contributed by atoms with Crippen molar-refractivity contribution in [1.82, 2.24) is 0 Å². The lowest BCUT2D eigenvalue weighted by Crippen LogP contribution is -2.29. The Labute approximate surface area is 129 Å². The Morgan fingerprint density at radius 1 is 1.00 bits per heavy atom. The van der Waals surface area contributed by atoms with E-state index in [0.29, 0.717) is 5.69 Å². The second-order valence-corrected chi connectivity index (χ2v) is 5.38. The predicted molar refractivity (Wildman–Crippen MR) is 78.4 cm³/mol. The van der Waals surface area contributed by atoms with Crippen molar-refractivity contribution in [2.45, 2.75) is 6.54 Å². The Morgan fingerprint density at radius 3 is 2.43 bits per heavy atom. The highest BCUT2D eigenvalue weighted by molar-refractivity contribution is 6.55. The Kier molecular flexibility index (Phi) is 3.43. The van der Waals surface area contributed by atoms with Crippen molar-refractivity contribution in [2.24, 2.45) is 0 Å². The van der Waals surface area contributed by atoms with Gasteiger partial charge in [0.1, 0.15) is 5.82 Å². The van der Waals surface area contributed by atoms with Crippen molar-refractivity contribution in [3.63, 3.8) is 0 Å². The highest BCUT2D eigenvalue weighted by Gasteiger charge is 2.37. The summed E-state index contributed by atoms with van der Waals surface area (Å²) in [5.41, 5.74) is 0.778. The van der Waals surface area contributed by atoms with Gasteiger partial charge in [0.2, 0.25) is 0 Å². The second kappa shape index (κ2) is 5.13. The van der Waals surface area contributed by atoms with Gasteiger partial charge < -0.3 is 4.90 Å². The molecule has 0 fully saturated rings. The molecule has 0 radical (unpaired) electrons. The topological polar surface area (TPSA) is 37.4 Å². The van der Waals surface area contributed by atoms with E-state index in [2.05, 4.69) is 0 Å². The van der Waals surface area contributed by atoms with Crippen molar-refractivity contribution in [2.75, 3.05) is 4.90 Å². The number of carbonyl (C=O) groups excluding carboxylic acids is 2. The fourth-order valence-electron chi connectivity index (χ4n) is 2.30. The molecule has 0 unspecified atom stereocenters. The first kappa shape index (κ1) is 14.0. The molecule has 0 aromatic heterocycles. The lowest BCUT2D eigenvalue weighted by Gasteiger charge is -2.17. The van der Waals surface area contributed by atoms with E-state index in [1.807, 2.05) is 0 Å². The fourth-order valence-corrected chi connectivity index (χ4v) is 2.75. The third-order valence-electron chi connectivity index (χ3n) is 3.31. The molecule has 0 saturated heterocycles. The molecule has 1 heterocycles. The van der Waals surface area contributed by atoms with Crippen LogP contribution < -0.4 is 4.90 Å². The van der Waals surface area contributed by atoms with Crippen LogP contribution in [0.4, 0.5) is 10.1 Å². The summed E-state index contributed by atoms with van der Waals surface area (Å²) in [6.45, 7) is -0.0791. The molecule has 1 amide bonds. The highest BCUT2D eigenvalue weighted by atomic mass is 35.5. The number of fused-ring (bicyclic) bond motifs is 1. The molecule has 2 aromatic rings. The quantitative estimate of drug-likeness (QED) is 0.787. The number of carbonyl (C=O) groups is 2. The zero-order valence-electron chi connectivity index (χ0n) is 10.6. The standard InChI is InChI=1S/C15H8Cl2FNO2/c16-9-4-2-6-11-12(9)14(20)15(21)19(11)7-8-3-1-5-10(17)13(8)18/h1-6H,7H2. The number of anilines is 1. The van der Waals surface area contributed by atoms with Gasteiger partial charge in [0.25, 0.3) is 11.7 Å². The molecule has 1 aliphatic rings. The van der Waals surface area contributed by atoms with E-state index in [1.165, 1.54) is 23.1 Å². The molecule has 0 aliphatic carbocycles. The number of Topliss-reactive ketones (excluding diaryl/α,β-unsaturated/α-hetero) is 1. The van der Waals surface area contributed by atoms with Gasteiger partial charge in [0.15, 0.2) is 0 Å². The summed E-state index contributed by atoms with van der Waals surface area (Å²) < 4.78 is 14.0. The van der Waals surface area contributed by atoms with Gasteiger partial charge in [-0.3, -0.25) is 9.59 Å².